The third-order valence-corrected chi connectivity index (χ3v) is 2.67. The number of aromatic nitrogens is 2. The normalized spacial score (nSPS) is 10.2. The fourth-order valence-corrected chi connectivity index (χ4v) is 1.66. The molecule has 0 radical (unpaired) electrons. The van der Waals surface area contributed by atoms with E-state index in [9.17, 15) is 4.79 Å². The first-order valence-electron chi connectivity index (χ1n) is 5.39. The molecule has 0 atom stereocenters. The van der Waals surface area contributed by atoms with E-state index in [2.05, 4.69) is 15.7 Å². The van der Waals surface area contributed by atoms with Crippen molar-refractivity contribution in [3.63, 3.8) is 0 Å². The van der Waals surface area contributed by atoms with Crippen molar-refractivity contribution in [1.82, 2.24) is 9.78 Å². The van der Waals surface area contributed by atoms with Crippen molar-refractivity contribution >= 4 is 29.1 Å². The molecule has 0 unspecified atom stereocenters. The Balaban J connectivity index is 2.01. The average molecular weight is 265 g/mol. The molecule has 0 saturated carbocycles. The molecule has 6 heteroatoms. The van der Waals surface area contributed by atoms with Crippen molar-refractivity contribution in [2.75, 3.05) is 10.6 Å². The molecule has 5 nitrogen and oxygen atoms in total. The molecule has 0 aliphatic carbocycles. The van der Waals surface area contributed by atoms with E-state index >= 15 is 0 Å². The Hall–Kier alpha value is -2.01. The van der Waals surface area contributed by atoms with Crippen molar-refractivity contribution in [2.24, 2.45) is 7.05 Å². The maximum Gasteiger partial charge on any atom is 0.324 e. The van der Waals surface area contributed by atoms with Gasteiger partial charge in [0, 0.05) is 29.5 Å². The van der Waals surface area contributed by atoms with Gasteiger partial charge in [0.15, 0.2) is 5.82 Å². The Kier molecular flexibility index (Phi) is 3.53. The van der Waals surface area contributed by atoms with Gasteiger partial charge in [0.1, 0.15) is 0 Å². The molecule has 18 heavy (non-hydrogen) atoms. The lowest BCUT2D eigenvalue weighted by molar-refractivity contribution is 0.262. The van der Waals surface area contributed by atoms with Gasteiger partial charge in [-0.1, -0.05) is 17.7 Å². The second-order valence-corrected chi connectivity index (χ2v) is 4.32. The molecule has 1 aromatic heterocycles. The van der Waals surface area contributed by atoms with Crippen LogP contribution in [0.25, 0.3) is 0 Å². The number of carbonyl (C=O) groups excluding carboxylic acids is 1. The van der Waals surface area contributed by atoms with Crippen LogP contribution in [-0.2, 0) is 7.05 Å². The number of hydrogen-bond donors (Lipinski definition) is 2. The number of halogens is 1. The first kappa shape index (κ1) is 12.4. The topological polar surface area (TPSA) is 59.0 Å². The lowest BCUT2D eigenvalue weighted by Crippen LogP contribution is -2.19. The van der Waals surface area contributed by atoms with Crippen LogP contribution in [0.5, 0.6) is 0 Å². The summed E-state index contributed by atoms with van der Waals surface area (Å²) >= 11 is 5.83. The number of urea groups is 1. The first-order valence-corrected chi connectivity index (χ1v) is 5.76. The van der Waals surface area contributed by atoms with Crippen molar-refractivity contribution < 1.29 is 4.79 Å². The van der Waals surface area contributed by atoms with Gasteiger partial charge in [-0.15, -0.1) is 0 Å². The van der Waals surface area contributed by atoms with Crippen molar-refractivity contribution in [1.29, 1.82) is 0 Å². The van der Waals surface area contributed by atoms with E-state index < -0.39 is 0 Å². The van der Waals surface area contributed by atoms with E-state index in [4.69, 9.17) is 11.6 Å². The van der Waals surface area contributed by atoms with Gasteiger partial charge in [-0.3, -0.25) is 10.00 Å². The van der Waals surface area contributed by atoms with Crippen LogP contribution in [0.4, 0.5) is 16.3 Å². The van der Waals surface area contributed by atoms with Crippen LogP contribution < -0.4 is 10.6 Å². The molecular weight excluding hydrogens is 252 g/mol. The Bertz CT molecular complexity index is 560. The van der Waals surface area contributed by atoms with E-state index in [1.807, 2.05) is 14.0 Å². The summed E-state index contributed by atoms with van der Waals surface area (Å²) in [7, 11) is 1.81. The summed E-state index contributed by atoms with van der Waals surface area (Å²) in [4.78, 5) is 11.7. The number of rotatable bonds is 2. The summed E-state index contributed by atoms with van der Waals surface area (Å²) in [5.41, 5.74) is 1.60. The Morgan fingerprint density at radius 3 is 2.72 bits per heavy atom. The zero-order valence-electron chi connectivity index (χ0n) is 10.1. The molecule has 1 aromatic carbocycles. The number of amides is 2. The average Bonchev–Trinajstić information content (AvgIpc) is 2.57. The van der Waals surface area contributed by atoms with Crippen molar-refractivity contribution in [3.8, 4) is 0 Å². The van der Waals surface area contributed by atoms with Crippen LogP contribution in [0.15, 0.2) is 30.3 Å². The van der Waals surface area contributed by atoms with Crippen LogP contribution in [-0.4, -0.2) is 15.8 Å². The van der Waals surface area contributed by atoms with Crippen molar-refractivity contribution in [3.05, 3.63) is 41.0 Å². The Morgan fingerprint density at radius 1 is 1.33 bits per heavy atom. The second-order valence-electron chi connectivity index (χ2n) is 3.88. The summed E-state index contributed by atoms with van der Waals surface area (Å²) in [6.07, 6.45) is 0. The lowest BCUT2D eigenvalue weighted by Gasteiger charge is -2.05. The molecule has 0 bridgehead atoms. The minimum absolute atomic E-state index is 0.352. The number of benzene rings is 1. The lowest BCUT2D eigenvalue weighted by atomic mass is 10.3. The molecule has 0 aliphatic heterocycles. The second kappa shape index (κ2) is 5.10. The molecule has 0 aliphatic rings. The minimum atomic E-state index is -0.352. The smallest absolute Gasteiger partial charge is 0.308 e. The molecule has 94 valence electrons. The van der Waals surface area contributed by atoms with Crippen LogP contribution in [0.2, 0.25) is 5.02 Å². The summed E-state index contributed by atoms with van der Waals surface area (Å²) < 4.78 is 1.69. The van der Waals surface area contributed by atoms with E-state index in [0.29, 0.717) is 16.5 Å². The number of nitrogens with one attached hydrogen (secondary N) is 2. The monoisotopic (exact) mass is 264 g/mol. The fraction of sp³-hybridized carbons (Fsp3) is 0.167. The highest BCUT2D eigenvalue weighted by Gasteiger charge is 2.06. The SMILES string of the molecule is Cc1cc(NC(=O)Nc2cccc(Cl)c2)nn1C. The van der Waals surface area contributed by atoms with E-state index in [0.717, 1.165) is 5.69 Å². The van der Waals surface area contributed by atoms with Gasteiger partial charge in [0.05, 0.1) is 0 Å². The number of aryl methyl sites for hydroxylation is 2. The minimum Gasteiger partial charge on any atom is -0.308 e. The molecular formula is C12H13ClN4O. The highest BCUT2D eigenvalue weighted by molar-refractivity contribution is 6.30. The summed E-state index contributed by atoms with van der Waals surface area (Å²) in [5.74, 6) is 0.509. The summed E-state index contributed by atoms with van der Waals surface area (Å²) in [5, 5.41) is 10.0. The Labute approximate surface area is 110 Å². The predicted molar refractivity (Wildman–Crippen MR) is 72.0 cm³/mol. The quantitative estimate of drug-likeness (QED) is 0.876. The van der Waals surface area contributed by atoms with E-state index in [1.165, 1.54) is 0 Å². The summed E-state index contributed by atoms with van der Waals surface area (Å²) in [6.45, 7) is 1.91. The highest BCUT2D eigenvalue weighted by Crippen LogP contribution is 2.15. The van der Waals surface area contributed by atoms with E-state index in [-0.39, 0.29) is 6.03 Å². The molecule has 2 aromatic rings. The molecule has 0 spiro atoms. The highest BCUT2D eigenvalue weighted by atomic mass is 35.5. The number of carbonyl (C=O) groups is 1. The third-order valence-electron chi connectivity index (χ3n) is 2.44. The maximum atomic E-state index is 11.7. The molecule has 2 N–H and O–H groups in total. The number of nitrogens with zero attached hydrogens (tertiary/aromatic N) is 2. The number of hydrogen-bond acceptors (Lipinski definition) is 2. The van der Waals surface area contributed by atoms with Crippen molar-refractivity contribution in [2.45, 2.75) is 6.92 Å². The van der Waals surface area contributed by atoms with Crippen LogP contribution in [0, 0.1) is 6.92 Å². The maximum absolute atomic E-state index is 11.7. The van der Waals surface area contributed by atoms with Gasteiger partial charge in [-0.05, 0) is 25.1 Å². The fourth-order valence-electron chi connectivity index (χ4n) is 1.47. The molecule has 2 rings (SSSR count). The van der Waals surface area contributed by atoms with Gasteiger partial charge in [-0.25, -0.2) is 4.79 Å². The third kappa shape index (κ3) is 3.01. The van der Waals surface area contributed by atoms with Crippen LogP contribution in [0.1, 0.15) is 5.69 Å². The van der Waals surface area contributed by atoms with Gasteiger partial charge < -0.3 is 5.32 Å². The van der Waals surface area contributed by atoms with Gasteiger partial charge in [0.2, 0.25) is 0 Å². The summed E-state index contributed by atoms with van der Waals surface area (Å²) in [6, 6.07) is 8.38. The molecule has 1 heterocycles. The molecule has 2 amide bonds. The van der Waals surface area contributed by atoms with Gasteiger partial charge >= 0.3 is 6.03 Å². The standard InChI is InChI=1S/C12H13ClN4O/c1-8-6-11(16-17(8)2)15-12(18)14-10-5-3-4-9(13)7-10/h3-7H,1-2H3,(H2,14,15,16,18). The zero-order valence-corrected chi connectivity index (χ0v) is 10.8. The van der Waals surface area contributed by atoms with Crippen LogP contribution in [0.3, 0.4) is 0 Å². The molecule has 0 saturated heterocycles. The number of anilines is 2. The Morgan fingerprint density at radius 2 is 2.11 bits per heavy atom. The largest absolute Gasteiger partial charge is 0.324 e. The van der Waals surface area contributed by atoms with Crippen LogP contribution >= 0.6 is 11.6 Å². The van der Waals surface area contributed by atoms with Gasteiger partial charge in [-0.2, -0.15) is 5.10 Å². The van der Waals surface area contributed by atoms with Gasteiger partial charge in [0.25, 0.3) is 0 Å². The zero-order chi connectivity index (χ0) is 13.1. The predicted octanol–water partition coefficient (Wildman–Crippen LogP) is 3.03. The molecule has 0 fully saturated rings. The van der Waals surface area contributed by atoms with E-state index in [1.54, 1.807) is 35.0 Å². The first-order chi connectivity index (χ1) is 8.54.